The van der Waals surface area contributed by atoms with Crippen molar-refractivity contribution in [3.8, 4) is 16.9 Å². The highest BCUT2D eigenvalue weighted by Crippen LogP contribution is 2.44. The van der Waals surface area contributed by atoms with Gasteiger partial charge in [-0.05, 0) is 93.6 Å². The van der Waals surface area contributed by atoms with Gasteiger partial charge < -0.3 is 19.3 Å². The van der Waals surface area contributed by atoms with Gasteiger partial charge in [0.05, 0.1) is 25.1 Å². The number of carboxylic acid groups (broad SMARTS) is 1. The molecule has 0 saturated carbocycles. The van der Waals surface area contributed by atoms with Gasteiger partial charge in [-0.2, -0.15) is 13.2 Å². The van der Waals surface area contributed by atoms with Gasteiger partial charge in [0.2, 0.25) is 0 Å². The molecule has 0 aliphatic carbocycles. The maximum atomic E-state index is 16.6. The van der Waals surface area contributed by atoms with E-state index in [4.69, 9.17) is 4.74 Å². The Labute approximate surface area is 277 Å². The van der Waals surface area contributed by atoms with Crippen LogP contribution in [0.15, 0.2) is 35.3 Å². The number of carboxylic acids is 1. The zero-order valence-electron chi connectivity index (χ0n) is 28.5. The van der Waals surface area contributed by atoms with Gasteiger partial charge in [0, 0.05) is 42.3 Å². The summed E-state index contributed by atoms with van der Waals surface area (Å²) in [4.78, 5) is 41.3. The monoisotopic (exact) mass is 678 g/mol. The van der Waals surface area contributed by atoms with Crippen molar-refractivity contribution in [2.24, 2.45) is 5.92 Å². The molecule has 0 amide bonds. The highest BCUT2D eigenvalue weighted by molar-refractivity contribution is 5.84. The van der Waals surface area contributed by atoms with E-state index >= 15 is 8.78 Å². The lowest BCUT2D eigenvalue weighted by Gasteiger charge is -2.26. The third kappa shape index (κ3) is 8.69. The number of alkyl halides is 3. The van der Waals surface area contributed by atoms with Crippen LogP contribution in [-0.4, -0.2) is 54.1 Å². The molecule has 0 aliphatic heterocycles. The summed E-state index contributed by atoms with van der Waals surface area (Å²) in [5, 5.41) is 9.77. The zero-order chi connectivity index (χ0) is 36.2. The first-order valence-corrected chi connectivity index (χ1v) is 15.6. The number of ketones is 1. The Morgan fingerprint density at radius 1 is 1.00 bits per heavy atom. The largest absolute Gasteiger partial charge is 0.496 e. The van der Waals surface area contributed by atoms with E-state index in [-0.39, 0.29) is 29.2 Å². The summed E-state index contributed by atoms with van der Waals surface area (Å²) < 4.78 is 81.9. The van der Waals surface area contributed by atoms with Crippen molar-refractivity contribution in [2.45, 2.75) is 78.4 Å². The molecule has 0 saturated heterocycles. The molecule has 262 valence electrons. The molecular formula is C36H43F5N2O5. The number of aromatic nitrogens is 1. The third-order valence-corrected chi connectivity index (χ3v) is 8.56. The molecule has 0 fully saturated rings. The molecule has 7 nitrogen and oxygen atoms in total. The maximum Gasteiger partial charge on any atom is 0.419 e. The van der Waals surface area contributed by atoms with Gasteiger partial charge in [0.15, 0.2) is 5.78 Å². The number of pyridine rings is 1. The molecule has 3 rings (SSSR count). The van der Waals surface area contributed by atoms with E-state index in [2.05, 4.69) is 0 Å². The van der Waals surface area contributed by atoms with Crippen LogP contribution in [-0.2, 0) is 22.2 Å². The van der Waals surface area contributed by atoms with E-state index in [9.17, 15) is 32.7 Å². The van der Waals surface area contributed by atoms with Gasteiger partial charge in [0.1, 0.15) is 17.4 Å². The van der Waals surface area contributed by atoms with Crippen LogP contribution in [0, 0.1) is 38.3 Å². The molecule has 1 N–H and O–H groups in total. The summed E-state index contributed by atoms with van der Waals surface area (Å²) in [6, 6.07) is 3.66. The normalized spacial score (nSPS) is 13.2. The number of aryl methyl sites for hydroxylation is 2. The second kappa shape index (κ2) is 15.4. The van der Waals surface area contributed by atoms with Crippen molar-refractivity contribution in [1.82, 2.24) is 9.47 Å². The predicted octanol–water partition coefficient (Wildman–Crippen LogP) is 7.66. The number of nitrogens with zero attached hydrogens (tertiary/aromatic N) is 2. The zero-order valence-corrected chi connectivity index (χ0v) is 28.5. The number of hydrogen-bond acceptors (Lipinski definition) is 5. The number of aliphatic carboxylic acids is 1. The minimum absolute atomic E-state index is 0.0214. The minimum Gasteiger partial charge on any atom is -0.496 e. The number of likely N-dealkylation sites (N-methyl/N-ethyl adjacent to an activating group) is 1. The summed E-state index contributed by atoms with van der Waals surface area (Å²) in [5.74, 6) is -7.42. The van der Waals surface area contributed by atoms with Crippen molar-refractivity contribution in [3.63, 3.8) is 0 Å². The average molecular weight is 679 g/mol. The molecule has 2 aromatic carbocycles. The topological polar surface area (TPSA) is 88.8 Å². The van der Waals surface area contributed by atoms with Gasteiger partial charge >= 0.3 is 12.1 Å². The lowest BCUT2D eigenvalue weighted by atomic mass is 9.83. The van der Waals surface area contributed by atoms with Crippen molar-refractivity contribution in [2.75, 3.05) is 27.7 Å². The molecule has 2 atom stereocenters. The molecule has 0 spiro atoms. The summed E-state index contributed by atoms with van der Waals surface area (Å²) in [6.45, 7) is 9.07. The number of benzene rings is 2. The quantitative estimate of drug-likeness (QED) is 0.176. The molecule has 1 aromatic heterocycles. The molecule has 0 bridgehead atoms. The Kier molecular flexibility index (Phi) is 12.3. The van der Waals surface area contributed by atoms with Gasteiger partial charge in [-0.15, -0.1) is 0 Å². The Bertz CT molecular complexity index is 1730. The molecule has 0 radical (unpaired) electrons. The van der Waals surface area contributed by atoms with Crippen LogP contribution in [0.25, 0.3) is 11.1 Å². The number of Topliss-reactive ketones (excluding diaryl/α,β-unsaturated/α-hetero) is 1. The smallest absolute Gasteiger partial charge is 0.419 e. The van der Waals surface area contributed by atoms with Crippen LogP contribution in [0.3, 0.4) is 0 Å². The molecule has 12 heteroatoms. The number of rotatable bonds is 14. The molecule has 0 aliphatic rings. The Hall–Kier alpha value is -4.06. The number of carbonyl (C=O) groups is 2. The van der Waals surface area contributed by atoms with E-state index in [1.165, 1.54) is 30.7 Å². The Morgan fingerprint density at radius 2 is 1.65 bits per heavy atom. The second-order valence-corrected chi connectivity index (χ2v) is 13.0. The Morgan fingerprint density at radius 3 is 2.19 bits per heavy atom. The van der Waals surface area contributed by atoms with E-state index in [1.807, 2.05) is 19.0 Å². The summed E-state index contributed by atoms with van der Waals surface area (Å²) in [5.41, 5.74) is -1.88. The van der Waals surface area contributed by atoms with Crippen LogP contribution in [0.4, 0.5) is 22.0 Å². The number of hydrogen-bond donors (Lipinski definition) is 1. The number of methoxy groups -OCH3 is 1. The first-order valence-electron chi connectivity index (χ1n) is 15.6. The second-order valence-electron chi connectivity index (χ2n) is 13.0. The van der Waals surface area contributed by atoms with Crippen molar-refractivity contribution >= 4 is 11.8 Å². The minimum atomic E-state index is -5.28. The van der Waals surface area contributed by atoms with Gasteiger partial charge in [-0.1, -0.05) is 19.9 Å². The average Bonchev–Trinajstić information content (AvgIpc) is 2.95. The van der Waals surface area contributed by atoms with Gasteiger partial charge in [-0.3, -0.25) is 14.4 Å². The molecular weight excluding hydrogens is 635 g/mol. The highest BCUT2D eigenvalue weighted by Gasteiger charge is 2.40. The molecule has 1 heterocycles. The van der Waals surface area contributed by atoms with Crippen molar-refractivity contribution in [3.05, 3.63) is 85.8 Å². The number of ether oxygens (including phenoxy) is 1. The first kappa shape index (κ1) is 38.4. The lowest BCUT2D eigenvalue weighted by Crippen LogP contribution is -2.32. The van der Waals surface area contributed by atoms with Crippen LogP contribution < -0.4 is 10.3 Å². The standard InChI is InChI=1S/C36H43F5N2O5/c1-19(2)13-27(43-18-23(11-12-42(6)7)21(4)14-30(43)45)28(44)15-24(16-31(46)47)33-34(37)25(17-26(35(33)38)36(39,40)41)32-20(3)9-10-29(48-8)22(32)5/h9-10,14,17-19,24,27H,11-13,15-16H2,1-8H3,(H,46,47)/t24-,27?/m0/s1. The van der Waals surface area contributed by atoms with Crippen molar-refractivity contribution < 1.29 is 41.4 Å². The van der Waals surface area contributed by atoms with Crippen LogP contribution in [0.5, 0.6) is 5.75 Å². The number of halogens is 5. The maximum absolute atomic E-state index is 16.6. The van der Waals surface area contributed by atoms with Crippen molar-refractivity contribution in [1.29, 1.82) is 0 Å². The van der Waals surface area contributed by atoms with E-state index in [0.29, 0.717) is 30.2 Å². The third-order valence-electron chi connectivity index (χ3n) is 8.56. The summed E-state index contributed by atoms with van der Waals surface area (Å²) in [7, 11) is 5.10. The molecule has 1 unspecified atom stereocenters. The van der Waals surface area contributed by atoms with Crippen LogP contribution in [0.1, 0.15) is 78.5 Å². The fourth-order valence-corrected chi connectivity index (χ4v) is 6.12. The van der Waals surface area contributed by atoms with Gasteiger partial charge in [-0.25, -0.2) is 8.78 Å². The SMILES string of the molecule is COc1ccc(C)c(-c2cc(C(F)(F)F)c(F)c([C@H](CC(=O)O)CC(=O)C(CC(C)C)n3cc(CCN(C)C)c(C)cc3=O)c2F)c1C. The predicted molar refractivity (Wildman–Crippen MR) is 174 cm³/mol. The van der Waals surface area contributed by atoms with E-state index in [1.54, 1.807) is 40.0 Å². The molecule has 48 heavy (non-hydrogen) atoms. The van der Waals surface area contributed by atoms with Crippen LogP contribution in [0.2, 0.25) is 0 Å². The van der Waals surface area contributed by atoms with Crippen LogP contribution >= 0.6 is 0 Å². The Balaban J connectivity index is 2.28. The summed E-state index contributed by atoms with van der Waals surface area (Å²) >= 11 is 0. The fourth-order valence-electron chi connectivity index (χ4n) is 6.12. The fraction of sp³-hybridized carbons (Fsp3) is 0.472. The lowest BCUT2D eigenvalue weighted by molar-refractivity contribution is -0.140. The van der Waals surface area contributed by atoms with E-state index < -0.39 is 76.6 Å². The number of carbonyl (C=O) groups excluding carboxylic acids is 1. The highest BCUT2D eigenvalue weighted by atomic mass is 19.4. The summed E-state index contributed by atoms with van der Waals surface area (Å²) in [6.07, 6.45) is -4.91. The van der Waals surface area contributed by atoms with E-state index in [0.717, 1.165) is 5.56 Å². The first-order chi connectivity index (χ1) is 22.3. The molecule has 3 aromatic rings. The van der Waals surface area contributed by atoms with Gasteiger partial charge in [0.25, 0.3) is 5.56 Å².